The van der Waals surface area contributed by atoms with Crippen LogP contribution in [0.3, 0.4) is 0 Å². The third-order valence-electron chi connectivity index (χ3n) is 6.14. The molecule has 0 amide bonds. The number of nitrogens with zero attached hydrogens (tertiary/aromatic N) is 3. The zero-order valence-electron chi connectivity index (χ0n) is 17.9. The monoisotopic (exact) mass is 477 g/mol. The van der Waals surface area contributed by atoms with Crippen molar-refractivity contribution < 1.29 is 36.6 Å². The number of ether oxygens (including phenoxy) is 1. The molecule has 3 heterocycles. The van der Waals surface area contributed by atoms with Gasteiger partial charge in [-0.05, 0) is 42.2 Å². The predicted octanol–water partition coefficient (Wildman–Crippen LogP) is 4.74. The number of rotatable bonds is 5. The van der Waals surface area contributed by atoms with Crippen molar-refractivity contribution in [2.24, 2.45) is 0 Å². The van der Waals surface area contributed by atoms with E-state index >= 15 is 0 Å². The van der Waals surface area contributed by atoms with E-state index in [1.807, 2.05) is 4.90 Å². The number of anilines is 1. The molecule has 11 heteroatoms. The van der Waals surface area contributed by atoms with Gasteiger partial charge in [-0.3, -0.25) is 4.79 Å². The molecule has 178 valence electrons. The summed E-state index contributed by atoms with van der Waals surface area (Å²) in [4.78, 5) is 17.7. The van der Waals surface area contributed by atoms with E-state index in [1.165, 1.54) is 36.5 Å². The number of hydrogen-bond acceptors (Lipinski definition) is 5. The number of fused-ring (bicyclic) bond motifs is 4. The molecule has 0 saturated heterocycles. The van der Waals surface area contributed by atoms with Crippen LogP contribution in [0.25, 0.3) is 16.6 Å². The second kappa shape index (κ2) is 7.93. The Bertz CT molecular complexity index is 1410. The average Bonchev–Trinajstić information content (AvgIpc) is 3.30. The molecular weight excluding hydrogens is 458 g/mol. The number of oxazole rings is 1. The van der Waals surface area contributed by atoms with Crippen molar-refractivity contribution in [1.82, 2.24) is 9.38 Å². The fourth-order valence-electron chi connectivity index (χ4n) is 4.65. The quantitative estimate of drug-likeness (QED) is 0.419. The van der Waals surface area contributed by atoms with Crippen LogP contribution < -0.4 is 9.64 Å². The van der Waals surface area contributed by atoms with Gasteiger partial charge in [0.05, 0.1) is 11.9 Å². The Morgan fingerprint density at radius 3 is 2.85 bits per heavy atom. The van der Waals surface area contributed by atoms with Crippen molar-refractivity contribution in [1.29, 1.82) is 0 Å². The van der Waals surface area contributed by atoms with Crippen LogP contribution in [0.1, 0.15) is 23.2 Å². The van der Waals surface area contributed by atoms with E-state index in [4.69, 9.17) is 4.42 Å². The maximum absolute atomic E-state index is 13.5. The van der Waals surface area contributed by atoms with Crippen molar-refractivity contribution in [3.8, 4) is 5.75 Å². The van der Waals surface area contributed by atoms with Crippen LogP contribution in [0.4, 0.5) is 23.6 Å². The Hall–Kier alpha value is -3.76. The first-order valence-corrected chi connectivity index (χ1v) is 10.5. The molecular formula is C23H19F4N3O4. The SMILES string of the molecule is CN(c1nc2cc(F)ccc2o1)C1CCc2c(CC(=O)O)c3cc(OC(F)(F)F)ccn3c2C1. The number of benzene rings is 1. The summed E-state index contributed by atoms with van der Waals surface area (Å²) in [7, 11) is 1.81. The van der Waals surface area contributed by atoms with Crippen LogP contribution in [-0.4, -0.2) is 39.9 Å². The summed E-state index contributed by atoms with van der Waals surface area (Å²) >= 11 is 0. The summed E-state index contributed by atoms with van der Waals surface area (Å²) < 4.78 is 63.2. The Morgan fingerprint density at radius 1 is 1.32 bits per heavy atom. The van der Waals surface area contributed by atoms with Gasteiger partial charge in [-0.25, -0.2) is 4.39 Å². The lowest BCUT2D eigenvalue weighted by molar-refractivity contribution is -0.274. The molecule has 0 spiro atoms. The van der Waals surface area contributed by atoms with Crippen molar-refractivity contribution >= 4 is 28.6 Å². The predicted molar refractivity (Wildman–Crippen MR) is 114 cm³/mol. The van der Waals surface area contributed by atoms with Crippen molar-refractivity contribution in [3.05, 3.63) is 59.2 Å². The number of likely N-dealkylation sites (N-methyl/N-ethyl adjacent to an activating group) is 1. The van der Waals surface area contributed by atoms with Crippen LogP contribution >= 0.6 is 0 Å². The molecule has 1 aliphatic carbocycles. The number of carboxylic acids is 1. The van der Waals surface area contributed by atoms with Gasteiger partial charge >= 0.3 is 12.3 Å². The second-order valence-corrected chi connectivity index (χ2v) is 8.26. The number of aromatic nitrogens is 2. The van der Waals surface area contributed by atoms with Gasteiger partial charge in [0, 0.05) is 43.5 Å². The van der Waals surface area contributed by atoms with E-state index in [0.717, 1.165) is 11.3 Å². The first kappa shape index (κ1) is 22.1. The van der Waals surface area contributed by atoms with Crippen LogP contribution in [0.2, 0.25) is 0 Å². The molecule has 0 fully saturated rings. The van der Waals surface area contributed by atoms with E-state index in [2.05, 4.69) is 9.72 Å². The van der Waals surface area contributed by atoms with Crippen LogP contribution in [0.5, 0.6) is 5.75 Å². The van der Waals surface area contributed by atoms with Gasteiger partial charge in [0.1, 0.15) is 17.1 Å². The fourth-order valence-corrected chi connectivity index (χ4v) is 4.65. The lowest BCUT2D eigenvalue weighted by Crippen LogP contribution is -2.37. The first-order chi connectivity index (χ1) is 16.1. The minimum atomic E-state index is -4.85. The molecule has 1 aliphatic rings. The zero-order valence-corrected chi connectivity index (χ0v) is 17.9. The second-order valence-electron chi connectivity index (χ2n) is 8.26. The Balaban J connectivity index is 1.51. The molecule has 34 heavy (non-hydrogen) atoms. The molecule has 3 aromatic heterocycles. The topological polar surface area (TPSA) is 80.2 Å². The molecule has 1 unspecified atom stereocenters. The van der Waals surface area contributed by atoms with Gasteiger partial charge in [-0.15, -0.1) is 13.2 Å². The summed E-state index contributed by atoms with van der Waals surface area (Å²) in [6.45, 7) is 0. The molecule has 1 N–H and O–H groups in total. The van der Waals surface area contributed by atoms with Crippen LogP contribution in [0.15, 0.2) is 40.9 Å². The summed E-state index contributed by atoms with van der Waals surface area (Å²) in [5, 5.41) is 9.40. The number of halogens is 4. The van der Waals surface area contributed by atoms with E-state index in [0.29, 0.717) is 47.5 Å². The Kier molecular flexibility index (Phi) is 5.14. The molecule has 4 aromatic rings. The van der Waals surface area contributed by atoms with E-state index < -0.39 is 23.9 Å². The smallest absolute Gasteiger partial charge is 0.481 e. The Morgan fingerprint density at radius 2 is 2.12 bits per heavy atom. The van der Waals surface area contributed by atoms with Gasteiger partial charge < -0.3 is 23.6 Å². The number of aliphatic carboxylic acids is 1. The largest absolute Gasteiger partial charge is 0.573 e. The number of carboxylic acid groups (broad SMARTS) is 1. The third-order valence-corrected chi connectivity index (χ3v) is 6.14. The molecule has 0 radical (unpaired) electrons. The van der Waals surface area contributed by atoms with Gasteiger partial charge in [0.25, 0.3) is 6.01 Å². The summed E-state index contributed by atoms with van der Waals surface area (Å²) in [5.74, 6) is -1.90. The first-order valence-electron chi connectivity index (χ1n) is 10.5. The zero-order chi connectivity index (χ0) is 24.2. The minimum absolute atomic E-state index is 0.0766. The molecule has 7 nitrogen and oxygen atoms in total. The number of alkyl halides is 3. The maximum atomic E-state index is 13.5. The van der Waals surface area contributed by atoms with Crippen LogP contribution in [-0.2, 0) is 24.1 Å². The molecule has 1 aromatic carbocycles. The summed E-state index contributed by atoms with van der Waals surface area (Å²) in [5.41, 5.74) is 3.33. The molecule has 1 atom stereocenters. The minimum Gasteiger partial charge on any atom is -0.481 e. The van der Waals surface area contributed by atoms with Gasteiger partial charge in [-0.1, -0.05) is 0 Å². The normalized spacial score (nSPS) is 16.1. The fraction of sp³-hybridized carbons (Fsp3) is 0.304. The number of hydrogen-bond donors (Lipinski definition) is 1. The van der Waals surface area contributed by atoms with E-state index in [9.17, 15) is 27.5 Å². The van der Waals surface area contributed by atoms with Gasteiger partial charge in [-0.2, -0.15) is 4.98 Å². The van der Waals surface area contributed by atoms with Crippen molar-refractivity contribution in [2.45, 2.75) is 38.1 Å². The highest BCUT2D eigenvalue weighted by molar-refractivity contribution is 5.78. The summed E-state index contributed by atoms with van der Waals surface area (Å²) in [6, 6.07) is 6.75. The average molecular weight is 477 g/mol. The van der Waals surface area contributed by atoms with Crippen molar-refractivity contribution in [2.75, 3.05) is 11.9 Å². The van der Waals surface area contributed by atoms with Crippen LogP contribution in [0, 0.1) is 5.82 Å². The van der Waals surface area contributed by atoms with E-state index in [1.54, 1.807) is 11.4 Å². The summed E-state index contributed by atoms with van der Waals surface area (Å²) in [6.07, 6.45) is -2.05. The highest BCUT2D eigenvalue weighted by Gasteiger charge is 2.33. The molecule has 5 rings (SSSR count). The standard InChI is InChI=1S/C23H19F4N3O4/c1-29(22-28-17-8-12(24)2-5-20(17)33-22)13-3-4-15-16(11-21(31)32)19-10-14(34-23(25,26)27)6-7-30(19)18(15)9-13/h2,5-8,10,13H,3-4,9,11H2,1H3,(H,31,32). The van der Waals surface area contributed by atoms with E-state index in [-0.39, 0.29) is 12.5 Å². The number of pyridine rings is 1. The number of carbonyl (C=O) groups is 1. The highest BCUT2D eigenvalue weighted by atomic mass is 19.4. The maximum Gasteiger partial charge on any atom is 0.573 e. The molecule has 0 saturated carbocycles. The lowest BCUT2D eigenvalue weighted by Gasteiger charge is -2.30. The highest BCUT2D eigenvalue weighted by Crippen LogP contribution is 2.36. The molecule has 0 aliphatic heterocycles. The van der Waals surface area contributed by atoms with Gasteiger partial charge in [0.2, 0.25) is 0 Å². The lowest BCUT2D eigenvalue weighted by atomic mass is 9.89. The Labute approximate surface area is 190 Å². The van der Waals surface area contributed by atoms with Gasteiger partial charge in [0.15, 0.2) is 5.58 Å². The van der Waals surface area contributed by atoms with Crippen molar-refractivity contribution in [3.63, 3.8) is 0 Å². The third kappa shape index (κ3) is 4.02. The molecule has 0 bridgehead atoms.